The molecule has 0 aliphatic heterocycles. The Balaban J connectivity index is 1.76. The Morgan fingerprint density at radius 2 is 2.04 bits per heavy atom. The number of nitrogens with one attached hydrogen (secondary N) is 1. The molecule has 1 fully saturated rings. The standard InChI is InChI=1S/C21H30N4O/c1-4-13-24(5-2)15-16(3)22-21(26)20-14-19(17-11-12-17)23-25(20)18-9-7-6-8-10-18/h6-10,14,16-17H,4-5,11-13,15H2,1-3H3,(H,22,26)/t16-/m0/s1. The van der Waals surface area contributed by atoms with Crippen LogP contribution < -0.4 is 5.32 Å². The van der Waals surface area contributed by atoms with Gasteiger partial charge in [-0.1, -0.05) is 32.0 Å². The van der Waals surface area contributed by atoms with Gasteiger partial charge in [0, 0.05) is 18.5 Å². The number of amides is 1. The van der Waals surface area contributed by atoms with Crippen molar-refractivity contribution in [3.8, 4) is 5.69 Å². The van der Waals surface area contributed by atoms with Gasteiger partial charge in [-0.05, 0) is 57.5 Å². The van der Waals surface area contributed by atoms with Gasteiger partial charge in [0.25, 0.3) is 5.91 Å². The lowest BCUT2D eigenvalue weighted by Crippen LogP contribution is -2.42. The van der Waals surface area contributed by atoms with Crippen LogP contribution in [0.5, 0.6) is 0 Å². The minimum atomic E-state index is -0.0479. The molecule has 0 bridgehead atoms. The smallest absolute Gasteiger partial charge is 0.270 e. The fourth-order valence-corrected chi connectivity index (χ4v) is 3.33. The number of para-hydroxylation sites is 1. The third-order valence-corrected chi connectivity index (χ3v) is 4.85. The average molecular weight is 354 g/mol. The maximum atomic E-state index is 12.9. The van der Waals surface area contributed by atoms with Gasteiger partial charge in [-0.3, -0.25) is 4.79 Å². The molecule has 0 saturated heterocycles. The van der Waals surface area contributed by atoms with Crippen molar-refractivity contribution in [1.82, 2.24) is 20.0 Å². The summed E-state index contributed by atoms with van der Waals surface area (Å²) in [6, 6.07) is 12.0. The number of nitrogens with zero attached hydrogens (tertiary/aromatic N) is 3. The van der Waals surface area contributed by atoms with Gasteiger partial charge in [-0.2, -0.15) is 5.10 Å². The first-order valence-corrected chi connectivity index (χ1v) is 9.81. The zero-order valence-corrected chi connectivity index (χ0v) is 16.1. The number of aromatic nitrogens is 2. The summed E-state index contributed by atoms with van der Waals surface area (Å²) in [4.78, 5) is 15.3. The van der Waals surface area contributed by atoms with E-state index in [2.05, 4.69) is 31.0 Å². The largest absolute Gasteiger partial charge is 0.347 e. The number of carbonyl (C=O) groups is 1. The predicted molar refractivity (Wildman–Crippen MR) is 105 cm³/mol. The summed E-state index contributed by atoms with van der Waals surface area (Å²) in [7, 11) is 0. The molecular weight excluding hydrogens is 324 g/mol. The molecule has 1 aromatic carbocycles. The van der Waals surface area contributed by atoms with E-state index in [0.29, 0.717) is 11.6 Å². The van der Waals surface area contributed by atoms with Gasteiger partial charge in [-0.15, -0.1) is 0 Å². The van der Waals surface area contributed by atoms with Crippen LogP contribution in [0.4, 0.5) is 0 Å². The molecule has 0 spiro atoms. The molecule has 1 atom stereocenters. The van der Waals surface area contributed by atoms with Crippen molar-refractivity contribution in [2.24, 2.45) is 0 Å². The molecule has 1 amide bonds. The quantitative estimate of drug-likeness (QED) is 0.748. The van der Waals surface area contributed by atoms with Gasteiger partial charge in [-0.25, -0.2) is 4.68 Å². The van der Waals surface area contributed by atoms with E-state index in [-0.39, 0.29) is 11.9 Å². The number of hydrogen-bond acceptors (Lipinski definition) is 3. The summed E-state index contributed by atoms with van der Waals surface area (Å²) in [5, 5.41) is 7.88. The molecule has 0 radical (unpaired) electrons. The van der Waals surface area contributed by atoms with Crippen molar-refractivity contribution >= 4 is 5.91 Å². The number of hydrogen-bond donors (Lipinski definition) is 1. The Bertz CT molecular complexity index is 721. The molecule has 1 N–H and O–H groups in total. The average Bonchev–Trinajstić information content (AvgIpc) is 3.40. The Kier molecular flexibility index (Phi) is 6.09. The van der Waals surface area contributed by atoms with Crippen molar-refractivity contribution < 1.29 is 4.79 Å². The summed E-state index contributed by atoms with van der Waals surface area (Å²) in [5.74, 6) is 0.470. The van der Waals surface area contributed by atoms with Crippen LogP contribution in [0.25, 0.3) is 5.69 Å². The van der Waals surface area contributed by atoms with Crippen LogP contribution in [0.2, 0.25) is 0 Å². The Labute approximate surface area is 156 Å². The second-order valence-corrected chi connectivity index (χ2v) is 7.24. The minimum absolute atomic E-state index is 0.0479. The van der Waals surface area contributed by atoms with Crippen LogP contribution in [0, 0.1) is 0 Å². The van der Waals surface area contributed by atoms with Crippen LogP contribution in [0.3, 0.4) is 0 Å². The summed E-state index contributed by atoms with van der Waals surface area (Å²) in [5.41, 5.74) is 2.59. The topological polar surface area (TPSA) is 50.2 Å². The number of rotatable bonds is 9. The molecule has 3 rings (SSSR count). The molecular formula is C21H30N4O. The SMILES string of the molecule is CCCN(CC)C[C@H](C)NC(=O)c1cc(C2CC2)nn1-c1ccccc1. The van der Waals surface area contributed by atoms with Gasteiger partial charge in [0.05, 0.1) is 11.4 Å². The van der Waals surface area contributed by atoms with Gasteiger partial charge >= 0.3 is 0 Å². The highest BCUT2D eigenvalue weighted by molar-refractivity contribution is 5.93. The fraction of sp³-hybridized carbons (Fsp3) is 0.524. The Morgan fingerprint density at radius 1 is 1.31 bits per heavy atom. The molecule has 1 aliphatic rings. The molecule has 1 heterocycles. The second-order valence-electron chi connectivity index (χ2n) is 7.24. The molecule has 26 heavy (non-hydrogen) atoms. The predicted octanol–water partition coefficient (Wildman–Crippen LogP) is 3.60. The third kappa shape index (κ3) is 4.52. The highest BCUT2D eigenvalue weighted by Crippen LogP contribution is 2.39. The maximum Gasteiger partial charge on any atom is 0.270 e. The van der Waals surface area contributed by atoms with Crippen LogP contribution in [0.15, 0.2) is 36.4 Å². The summed E-state index contributed by atoms with van der Waals surface area (Å²) >= 11 is 0. The fourth-order valence-electron chi connectivity index (χ4n) is 3.33. The van der Waals surface area contributed by atoms with Crippen molar-refractivity contribution in [3.05, 3.63) is 47.8 Å². The maximum absolute atomic E-state index is 12.9. The molecule has 5 heteroatoms. The van der Waals surface area contributed by atoms with E-state index in [1.807, 2.05) is 36.4 Å². The highest BCUT2D eigenvalue weighted by Gasteiger charge is 2.29. The van der Waals surface area contributed by atoms with Crippen LogP contribution >= 0.6 is 0 Å². The van der Waals surface area contributed by atoms with Crippen molar-refractivity contribution in [1.29, 1.82) is 0 Å². The van der Waals surface area contributed by atoms with Gasteiger partial charge in [0.15, 0.2) is 0 Å². The normalized spacial score (nSPS) is 15.2. The lowest BCUT2D eigenvalue weighted by molar-refractivity contribution is 0.0922. The number of likely N-dealkylation sites (N-methyl/N-ethyl adjacent to an activating group) is 1. The van der Waals surface area contributed by atoms with E-state index >= 15 is 0 Å². The summed E-state index contributed by atoms with van der Waals surface area (Å²) in [6.07, 6.45) is 3.47. The van der Waals surface area contributed by atoms with E-state index < -0.39 is 0 Å². The lowest BCUT2D eigenvalue weighted by Gasteiger charge is -2.24. The molecule has 5 nitrogen and oxygen atoms in total. The zero-order chi connectivity index (χ0) is 18.5. The molecule has 1 saturated carbocycles. The first kappa shape index (κ1) is 18.6. The van der Waals surface area contributed by atoms with Crippen LogP contribution in [0.1, 0.15) is 62.1 Å². The first-order valence-electron chi connectivity index (χ1n) is 9.81. The highest BCUT2D eigenvalue weighted by atomic mass is 16.2. The monoisotopic (exact) mass is 354 g/mol. The van der Waals surface area contributed by atoms with Crippen LogP contribution in [-0.2, 0) is 0 Å². The molecule has 1 aliphatic carbocycles. The van der Waals surface area contributed by atoms with Gasteiger partial charge in [0.1, 0.15) is 5.69 Å². The molecule has 0 unspecified atom stereocenters. The number of carbonyl (C=O) groups excluding carboxylic acids is 1. The van der Waals surface area contributed by atoms with E-state index in [1.54, 1.807) is 4.68 Å². The van der Waals surface area contributed by atoms with E-state index in [0.717, 1.165) is 37.4 Å². The van der Waals surface area contributed by atoms with Crippen molar-refractivity contribution in [2.75, 3.05) is 19.6 Å². The lowest BCUT2D eigenvalue weighted by atomic mass is 10.2. The summed E-state index contributed by atoms with van der Waals surface area (Å²) in [6.45, 7) is 9.35. The van der Waals surface area contributed by atoms with E-state index in [1.165, 1.54) is 12.8 Å². The Morgan fingerprint density at radius 3 is 2.65 bits per heavy atom. The third-order valence-electron chi connectivity index (χ3n) is 4.85. The molecule has 1 aromatic heterocycles. The Hall–Kier alpha value is -2.14. The van der Waals surface area contributed by atoms with E-state index in [9.17, 15) is 4.79 Å². The van der Waals surface area contributed by atoms with Crippen molar-refractivity contribution in [2.45, 2.75) is 52.0 Å². The van der Waals surface area contributed by atoms with E-state index in [4.69, 9.17) is 5.10 Å². The van der Waals surface area contributed by atoms with Gasteiger partial charge < -0.3 is 10.2 Å². The molecule has 140 valence electrons. The van der Waals surface area contributed by atoms with Gasteiger partial charge in [0.2, 0.25) is 0 Å². The molecule has 2 aromatic rings. The second kappa shape index (κ2) is 8.49. The van der Waals surface area contributed by atoms with Crippen LogP contribution in [-0.4, -0.2) is 46.3 Å². The first-order chi connectivity index (χ1) is 12.6. The van der Waals surface area contributed by atoms with Crippen molar-refractivity contribution in [3.63, 3.8) is 0 Å². The zero-order valence-electron chi connectivity index (χ0n) is 16.1. The summed E-state index contributed by atoms with van der Waals surface area (Å²) < 4.78 is 1.79. The number of benzene rings is 1. The minimum Gasteiger partial charge on any atom is -0.347 e.